The Hall–Kier alpha value is -3.28. The Kier molecular flexibility index (Phi) is 6.60. The van der Waals surface area contributed by atoms with Crippen molar-refractivity contribution < 1.29 is 33.7 Å². The van der Waals surface area contributed by atoms with Gasteiger partial charge in [-0.15, -0.1) is 0 Å². The van der Waals surface area contributed by atoms with E-state index < -0.39 is 30.0 Å². The number of methoxy groups -OCH3 is 3. The summed E-state index contributed by atoms with van der Waals surface area (Å²) < 4.78 is 14.4. The number of nitrogens with zero attached hydrogens (tertiary/aromatic N) is 2. The molecule has 2 atom stereocenters. The van der Waals surface area contributed by atoms with E-state index >= 15 is 0 Å². The molecule has 144 valence electrons. The Morgan fingerprint density at radius 1 is 1.22 bits per heavy atom. The normalized spacial score (nSPS) is 18.7. The van der Waals surface area contributed by atoms with Crippen molar-refractivity contribution in [3.05, 3.63) is 23.4 Å². The monoisotopic (exact) mass is 376 g/mol. The molecule has 9 nitrogen and oxygen atoms in total. The van der Waals surface area contributed by atoms with E-state index in [9.17, 15) is 19.5 Å². The second-order valence-corrected chi connectivity index (χ2v) is 5.78. The van der Waals surface area contributed by atoms with E-state index in [4.69, 9.17) is 14.2 Å². The fourth-order valence-electron chi connectivity index (χ4n) is 2.78. The zero-order chi connectivity index (χ0) is 20.0. The highest BCUT2D eigenvalue weighted by Gasteiger charge is 2.34. The summed E-state index contributed by atoms with van der Waals surface area (Å²) in [6.45, 7) is 0.00484. The van der Waals surface area contributed by atoms with Gasteiger partial charge in [-0.05, 0) is 12.8 Å². The Balaban J connectivity index is 2.31. The van der Waals surface area contributed by atoms with E-state index in [1.165, 1.54) is 33.6 Å². The molecule has 1 aromatic rings. The number of carbonyl (C=O) groups excluding carboxylic acids is 2. The van der Waals surface area contributed by atoms with Gasteiger partial charge in [0, 0.05) is 24.4 Å². The SMILES string of the molecule is COC(=O)c1cnc(OC)cc1C#CC1CCC(C(=O)OC)CN1C(=O)O. The van der Waals surface area contributed by atoms with Gasteiger partial charge in [-0.2, -0.15) is 0 Å². The molecule has 27 heavy (non-hydrogen) atoms. The lowest BCUT2D eigenvalue weighted by molar-refractivity contribution is -0.147. The average Bonchev–Trinajstić information content (AvgIpc) is 2.70. The first-order valence-electron chi connectivity index (χ1n) is 8.12. The average molecular weight is 376 g/mol. The molecule has 2 rings (SSSR count). The van der Waals surface area contributed by atoms with E-state index in [0.717, 1.165) is 4.90 Å². The number of pyridine rings is 1. The number of amides is 1. The second-order valence-electron chi connectivity index (χ2n) is 5.78. The number of rotatable bonds is 3. The second kappa shape index (κ2) is 8.89. The van der Waals surface area contributed by atoms with Gasteiger partial charge in [-0.1, -0.05) is 11.8 Å². The first-order valence-corrected chi connectivity index (χ1v) is 8.12. The van der Waals surface area contributed by atoms with Crippen LogP contribution in [0, 0.1) is 17.8 Å². The Labute approximate surface area is 156 Å². The Morgan fingerprint density at radius 3 is 2.56 bits per heavy atom. The summed E-state index contributed by atoms with van der Waals surface area (Å²) in [6.07, 6.45) is 0.940. The fourth-order valence-corrected chi connectivity index (χ4v) is 2.78. The van der Waals surface area contributed by atoms with Gasteiger partial charge in [-0.25, -0.2) is 14.6 Å². The number of carbonyl (C=O) groups is 3. The van der Waals surface area contributed by atoms with Gasteiger partial charge in [0.15, 0.2) is 0 Å². The van der Waals surface area contributed by atoms with Crippen LogP contribution in [0.25, 0.3) is 0 Å². The minimum absolute atomic E-state index is 0.00484. The zero-order valence-electron chi connectivity index (χ0n) is 15.2. The van der Waals surface area contributed by atoms with Crippen LogP contribution in [-0.2, 0) is 14.3 Å². The molecule has 0 aliphatic carbocycles. The quantitative estimate of drug-likeness (QED) is 0.617. The van der Waals surface area contributed by atoms with Gasteiger partial charge >= 0.3 is 18.0 Å². The smallest absolute Gasteiger partial charge is 0.408 e. The predicted octanol–water partition coefficient (Wildman–Crippen LogP) is 1.16. The van der Waals surface area contributed by atoms with E-state index in [-0.39, 0.29) is 18.0 Å². The highest BCUT2D eigenvalue weighted by molar-refractivity contribution is 5.92. The molecule has 1 saturated heterocycles. The van der Waals surface area contributed by atoms with Gasteiger partial charge < -0.3 is 19.3 Å². The predicted molar refractivity (Wildman–Crippen MR) is 92.3 cm³/mol. The first kappa shape index (κ1) is 20.0. The fraction of sp³-hybridized carbons (Fsp3) is 0.444. The summed E-state index contributed by atoms with van der Waals surface area (Å²) in [5.41, 5.74) is 0.463. The molecule has 0 bridgehead atoms. The van der Waals surface area contributed by atoms with Crippen LogP contribution in [0.2, 0.25) is 0 Å². The van der Waals surface area contributed by atoms with Crippen molar-refractivity contribution in [2.75, 3.05) is 27.9 Å². The van der Waals surface area contributed by atoms with E-state index in [2.05, 4.69) is 16.8 Å². The van der Waals surface area contributed by atoms with Crippen LogP contribution in [0.1, 0.15) is 28.8 Å². The minimum atomic E-state index is -1.18. The molecule has 0 saturated carbocycles. The van der Waals surface area contributed by atoms with Crippen molar-refractivity contribution in [1.82, 2.24) is 9.88 Å². The number of hydrogen-bond acceptors (Lipinski definition) is 7. The van der Waals surface area contributed by atoms with Crippen molar-refractivity contribution in [2.45, 2.75) is 18.9 Å². The van der Waals surface area contributed by atoms with Crippen molar-refractivity contribution in [1.29, 1.82) is 0 Å². The number of carboxylic acid groups (broad SMARTS) is 1. The van der Waals surface area contributed by atoms with E-state index in [0.29, 0.717) is 18.4 Å². The molecule has 0 radical (unpaired) electrons. The number of hydrogen-bond donors (Lipinski definition) is 1. The van der Waals surface area contributed by atoms with Gasteiger partial charge in [0.2, 0.25) is 5.88 Å². The summed E-state index contributed by atoms with van der Waals surface area (Å²) in [5.74, 6) is 4.38. The third-order valence-corrected chi connectivity index (χ3v) is 4.23. The molecule has 1 N–H and O–H groups in total. The van der Waals surface area contributed by atoms with Crippen LogP contribution >= 0.6 is 0 Å². The van der Waals surface area contributed by atoms with Crippen LogP contribution in [0.4, 0.5) is 4.79 Å². The molecule has 1 amide bonds. The molecular formula is C18H20N2O7. The molecule has 1 fully saturated rings. The molecule has 9 heteroatoms. The Bertz CT molecular complexity index is 797. The van der Waals surface area contributed by atoms with Crippen molar-refractivity contribution in [3.8, 4) is 17.7 Å². The van der Waals surface area contributed by atoms with Gasteiger partial charge in [0.25, 0.3) is 0 Å². The van der Waals surface area contributed by atoms with Crippen molar-refractivity contribution in [3.63, 3.8) is 0 Å². The molecule has 2 heterocycles. The largest absolute Gasteiger partial charge is 0.481 e. The molecule has 0 spiro atoms. The van der Waals surface area contributed by atoms with E-state index in [1.54, 1.807) is 0 Å². The lowest BCUT2D eigenvalue weighted by atomic mass is 9.93. The maximum atomic E-state index is 11.9. The molecule has 1 aliphatic heterocycles. The number of likely N-dealkylation sites (tertiary alicyclic amines) is 1. The summed E-state index contributed by atoms with van der Waals surface area (Å²) in [6, 6.07) is 0.859. The molecule has 1 aromatic heterocycles. The third-order valence-electron chi connectivity index (χ3n) is 4.23. The maximum Gasteiger partial charge on any atom is 0.408 e. The van der Waals surface area contributed by atoms with Crippen molar-refractivity contribution in [2.24, 2.45) is 5.92 Å². The van der Waals surface area contributed by atoms with Gasteiger partial charge in [-0.3, -0.25) is 9.69 Å². The van der Waals surface area contributed by atoms with Crippen LogP contribution in [-0.4, -0.2) is 66.9 Å². The van der Waals surface area contributed by atoms with Crippen molar-refractivity contribution >= 4 is 18.0 Å². The maximum absolute atomic E-state index is 11.9. The molecule has 1 aliphatic rings. The van der Waals surface area contributed by atoms with Crippen LogP contribution in [0.3, 0.4) is 0 Å². The van der Waals surface area contributed by atoms with Gasteiger partial charge in [0.05, 0.1) is 38.9 Å². The number of aromatic nitrogens is 1. The van der Waals surface area contributed by atoms with Crippen LogP contribution in [0.5, 0.6) is 5.88 Å². The topological polar surface area (TPSA) is 115 Å². The standard InChI is InChI=1S/C18H20N2O7/c1-25-15-8-11(14(9-19-15)17(22)27-3)4-6-13-7-5-12(16(21)26-2)10-20(13)18(23)24/h8-9,12-13H,5,7,10H2,1-3H3,(H,23,24). The number of esters is 2. The molecular weight excluding hydrogens is 356 g/mol. The summed E-state index contributed by atoms with van der Waals surface area (Å²) >= 11 is 0. The molecule has 0 aromatic carbocycles. The van der Waals surface area contributed by atoms with E-state index in [1.807, 2.05) is 0 Å². The highest BCUT2D eigenvalue weighted by atomic mass is 16.5. The number of piperidine rings is 1. The van der Waals surface area contributed by atoms with Crippen LogP contribution < -0.4 is 4.74 Å². The highest BCUT2D eigenvalue weighted by Crippen LogP contribution is 2.23. The summed E-state index contributed by atoms with van der Waals surface area (Å²) in [7, 11) is 3.94. The zero-order valence-corrected chi connectivity index (χ0v) is 15.2. The lowest BCUT2D eigenvalue weighted by Crippen LogP contribution is -2.47. The lowest BCUT2D eigenvalue weighted by Gasteiger charge is -2.33. The first-order chi connectivity index (χ1) is 12.9. The Morgan fingerprint density at radius 2 is 1.96 bits per heavy atom. The van der Waals surface area contributed by atoms with Crippen LogP contribution in [0.15, 0.2) is 12.3 Å². The third kappa shape index (κ3) is 4.67. The van der Waals surface area contributed by atoms with Gasteiger partial charge in [0.1, 0.15) is 0 Å². The summed E-state index contributed by atoms with van der Waals surface area (Å²) in [5, 5.41) is 9.44. The molecule has 2 unspecified atom stereocenters. The number of ether oxygens (including phenoxy) is 3. The summed E-state index contributed by atoms with van der Waals surface area (Å²) in [4.78, 5) is 40.2. The minimum Gasteiger partial charge on any atom is -0.481 e.